The van der Waals surface area contributed by atoms with Crippen molar-refractivity contribution in [3.8, 4) is 0 Å². The average molecular weight is 595 g/mol. The Balaban J connectivity index is 1.45. The summed E-state index contributed by atoms with van der Waals surface area (Å²) in [6, 6.07) is 31.1. The van der Waals surface area contributed by atoms with Crippen LogP contribution in [0.5, 0.6) is 0 Å². The first kappa shape index (κ1) is 30.2. The molecule has 0 radical (unpaired) electrons. The predicted octanol–water partition coefficient (Wildman–Crippen LogP) is 2.50. The van der Waals surface area contributed by atoms with E-state index in [4.69, 9.17) is 11.5 Å². The maximum atomic E-state index is 13.5. The predicted molar refractivity (Wildman–Crippen MR) is 161 cm³/mol. The van der Waals surface area contributed by atoms with Crippen LogP contribution in [0.4, 0.5) is 11.4 Å². The first-order valence-corrected chi connectivity index (χ1v) is 16.2. The zero-order valence-corrected chi connectivity index (χ0v) is 24.3. The van der Waals surface area contributed by atoms with Crippen molar-refractivity contribution >= 4 is 31.4 Å². The van der Waals surface area contributed by atoms with Crippen LogP contribution in [-0.2, 0) is 33.1 Å². The van der Waals surface area contributed by atoms with Crippen LogP contribution in [0.2, 0.25) is 0 Å². The molecule has 0 saturated carbocycles. The number of hydrogen-bond donors (Lipinski definition) is 3. The fraction of sp³-hybridized carbons (Fsp3) is 0.200. The van der Waals surface area contributed by atoms with E-state index in [1.807, 2.05) is 66.0 Å². The molecule has 6 N–H and O–H groups in total. The molecule has 0 amide bonds. The van der Waals surface area contributed by atoms with Crippen molar-refractivity contribution in [3.63, 3.8) is 0 Å². The van der Waals surface area contributed by atoms with E-state index in [1.165, 1.54) is 32.9 Å². The molecule has 4 aromatic carbocycles. The molecule has 0 aliphatic heterocycles. The van der Waals surface area contributed by atoms with Crippen LogP contribution in [0.3, 0.4) is 0 Å². The van der Waals surface area contributed by atoms with E-state index in [0.29, 0.717) is 24.5 Å². The summed E-state index contributed by atoms with van der Waals surface area (Å²) in [7, 11) is -7.56. The Morgan fingerprint density at radius 2 is 0.854 bits per heavy atom. The molecule has 216 valence electrons. The lowest BCUT2D eigenvalue weighted by Gasteiger charge is -2.23. The molecule has 0 bridgehead atoms. The monoisotopic (exact) mass is 594 g/mol. The SMILES string of the molecule is Nc1ccc(S(=O)(=O)N(CC[NH2+]CCN(Cc2ccccc2)S(=O)(=O)c2ccc(N)cc2)Cc2ccccc2)cc1. The van der Waals surface area contributed by atoms with Gasteiger partial charge in [0.05, 0.1) is 36.0 Å². The van der Waals surface area contributed by atoms with Gasteiger partial charge in [0.2, 0.25) is 20.0 Å². The van der Waals surface area contributed by atoms with Crippen molar-refractivity contribution in [2.45, 2.75) is 22.9 Å². The minimum Gasteiger partial charge on any atom is -0.399 e. The maximum absolute atomic E-state index is 13.5. The number of sulfonamides is 2. The number of quaternary nitrogens is 1. The lowest BCUT2D eigenvalue weighted by molar-refractivity contribution is -0.653. The number of rotatable bonds is 14. The van der Waals surface area contributed by atoms with Gasteiger partial charge in [-0.3, -0.25) is 0 Å². The van der Waals surface area contributed by atoms with Crippen molar-refractivity contribution in [1.82, 2.24) is 8.61 Å². The summed E-state index contributed by atoms with van der Waals surface area (Å²) in [5, 5.41) is 1.94. The number of nitrogens with two attached hydrogens (primary N) is 3. The van der Waals surface area contributed by atoms with E-state index in [9.17, 15) is 16.8 Å². The summed E-state index contributed by atoms with van der Waals surface area (Å²) in [6.45, 7) is 1.81. The Labute approximate surface area is 242 Å². The fourth-order valence-corrected chi connectivity index (χ4v) is 7.22. The molecule has 9 nitrogen and oxygen atoms in total. The molecule has 0 spiro atoms. The molecular formula is C30H36N5O4S2+. The highest BCUT2D eigenvalue weighted by atomic mass is 32.2. The Morgan fingerprint density at radius 1 is 0.512 bits per heavy atom. The molecule has 0 aliphatic rings. The van der Waals surface area contributed by atoms with Crippen LogP contribution in [0, 0.1) is 0 Å². The average Bonchev–Trinajstić information content (AvgIpc) is 2.97. The molecule has 0 atom stereocenters. The van der Waals surface area contributed by atoms with Crippen LogP contribution in [0.25, 0.3) is 0 Å². The zero-order chi connectivity index (χ0) is 29.3. The summed E-state index contributed by atoms with van der Waals surface area (Å²) >= 11 is 0. The van der Waals surface area contributed by atoms with E-state index < -0.39 is 20.0 Å². The highest BCUT2D eigenvalue weighted by Crippen LogP contribution is 2.20. The molecule has 41 heavy (non-hydrogen) atoms. The molecule has 4 aromatic rings. The smallest absolute Gasteiger partial charge is 0.243 e. The minimum absolute atomic E-state index is 0.172. The van der Waals surface area contributed by atoms with Crippen LogP contribution in [0.15, 0.2) is 119 Å². The van der Waals surface area contributed by atoms with E-state index in [2.05, 4.69) is 0 Å². The van der Waals surface area contributed by atoms with Gasteiger partial charge in [0.1, 0.15) is 0 Å². The Kier molecular flexibility index (Phi) is 10.1. The van der Waals surface area contributed by atoms with Crippen LogP contribution in [0.1, 0.15) is 11.1 Å². The van der Waals surface area contributed by atoms with Gasteiger partial charge >= 0.3 is 0 Å². The van der Waals surface area contributed by atoms with Gasteiger partial charge in [-0.1, -0.05) is 60.7 Å². The Morgan fingerprint density at radius 3 is 1.20 bits per heavy atom. The summed E-state index contributed by atoms with van der Waals surface area (Å²) in [4.78, 5) is 0.345. The summed E-state index contributed by atoms with van der Waals surface area (Å²) in [6.07, 6.45) is 0. The number of hydrogen-bond acceptors (Lipinski definition) is 6. The standard InChI is InChI=1S/C30H35N5O4S2/c31-27-11-15-29(16-12-27)40(36,37)34(23-25-7-3-1-4-8-25)21-19-33-20-22-35(24-26-9-5-2-6-10-26)41(38,39)30-17-13-28(32)14-18-30/h1-18,33H,19-24,31-32H2/p+1. The highest BCUT2D eigenvalue weighted by molar-refractivity contribution is 7.89. The van der Waals surface area contributed by atoms with Crippen molar-refractivity contribution < 1.29 is 22.2 Å². The maximum Gasteiger partial charge on any atom is 0.243 e. The van der Waals surface area contributed by atoms with Gasteiger partial charge in [0.25, 0.3) is 0 Å². The topological polar surface area (TPSA) is 143 Å². The van der Waals surface area contributed by atoms with Crippen molar-refractivity contribution in [2.24, 2.45) is 0 Å². The molecule has 0 aromatic heterocycles. The molecule has 0 fully saturated rings. The largest absolute Gasteiger partial charge is 0.399 e. The van der Waals surface area contributed by atoms with Crippen LogP contribution >= 0.6 is 0 Å². The van der Waals surface area contributed by atoms with E-state index in [0.717, 1.165) is 11.1 Å². The van der Waals surface area contributed by atoms with Gasteiger partial charge in [0, 0.05) is 24.5 Å². The minimum atomic E-state index is -3.78. The lowest BCUT2D eigenvalue weighted by atomic mass is 10.2. The number of anilines is 2. The van der Waals surface area contributed by atoms with Gasteiger partial charge < -0.3 is 16.8 Å². The second kappa shape index (κ2) is 13.7. The van der Waals surface area contributed by atoms with Crippen molar-refractivity contribution in [1.29, 1.82) is 0 Å². The van der Waals surface area contributed by atoms with Crippen molar-refractivity contribution in [3.05, 3.63) is 120 Å². The van der Waals surface area contributed by atoms with Gasteiger partial charge in [-0.25, -0.2) is 16.8 Å². The lowest BCUT2D eigenvalue weighted by Crippen LogP contribution is -2.87. The normalized spacial score (nSPS) is 12.1. The second-order valence-corrected chi connectivity index (χ2v) is 13.5. The first-order valence-electron chi connectivity index (χ1n) is 13.3. The summed E-state index contributed by atoms with van der Waals surface area (Å²) in [5.74, 6) is 0. The van der Waals surface area contributed by atoms with Crippen LogP contribution < -0.4 is 16.8 Å². The van der Waals surface area contributed by atoms with E-state index >= 15 is 0 Å². The molecular weight excluding hydrogens is 558 g/mol. The molecule has 0 unspecified atom stereocenters. The first-order chi connectivity index (χ1) is 19.7. The Hall–Kier alpha value is -3.74. The molecule has 11 heteroatoms. The number of nitrogens with zero attached hydrogens (tertiary/aromatic N) is 2. The third-order valence-corrected chi connectivity index (χ3v) is 10.3. The van der Waals surface area contributed by atoms with Gasteiger partial charge in [-0.15, -0.1) is 0 Å². The van der Waals surface area contributed by atoms with Gasteiger partial charge in [0.15, 0.2) is 0 Å². The third-order valence-electron chi connectivity index (χ3n) is 6.60. The van der Waals surface area contributed by atoms with E-state index in [1.54, 1.807) is 24.3 Å². The highest BCUT2D eigenvalue weighted by Gasteiger charge is 2.27. The Bertz CT molecular complexity index is 1480. The fourth-order valence-electron chi connectivity index (χ4n) is 4.34. The number of benzene rings is 4. The summed E-state index contributed by atoms with van der Waals surface area (Å²) < 4.78 is 56.9. The second-order valence-electron chi connectivity index (χ2n) is 9.65. The zero-order valence-electron chi connectivity index (χ0n) is 22.7. The van der Waals surface area contributed by atoms with Gasteiger partial charge in [-0.2, -0.15) is 8.61 Å². The van der Waals surface area contributed by atoms with E-state index in [-0.39, 0.29) is 36.0 Å². The quantitative estimate of drug-likeness (QED) is 0.151. The van der Waals surface area contributed by atoms with Gasteiger partial charge in [-0.05, 0) is 59.7 Å². The number of nitrogen functional groups attached to an aromatic ring is 2. The molecule has 4 rings (SSSR count). The molecule has 0 aliphatic carbocycles. The molecule has 0 saturated heterocycles. The third kappa shape index (κ3) is 8.15. The van der Waals surface area contributed by atoms with Crippen molar-refractivity contribution in [2.75, 3.05) is 37.6 Å². The summed E-state index contributed by atoms with van der Waals surface area (Å²) in [5.41, 5.74) is 14.2. The molecule has 0 heterocycles. The van der Waals surface area contributed by atoms with Crippen LogP contribution in [-0.4, -0.2) is 51.6 Å².